The summed E-state index contributed by atoms with van der Waals surface area (Å²) in [4.78, 5) is 27.5. The minimum Gasteiger partial charge on any atom is -0.491 e. The molecule has 47 heavy (non-hydrogen) atoms. The fraction of sp³-hybridized carbons (Fsp3) is 0.407. The molecule has 0 aliphatic carbocycles. The van der Waals surface area contributed by atoms with Crippen molar-refractivity contribution in [2.75, 3.05) is 43.8 Å². The normalized spacial score (nSPS) is 20.0. The van der Waals surface area contributed by atoms with Crippen molar-refractivity contribution >= 4 is 30.3 Å². The number of hydrogen-bond acceptors (Lipinski definition) is 11. The number of nitrogens with zero attached hydrogens (tertiary/aromatic N) is 6. The number of nitrogens with one attached hydrogen (secondary N) is 1. The van der Waals surface area contributed by atoms with Crippen LogP contribution in [0, 0.1) is 11.6 Å². The number of aliphatic hydroxyl groups is 1. The highest BCUT2D eigenvalue weighted by Gasteiger charge is 2.53. The number of nitrogens with two attached hydrogens (primary N) is 1. The molecule has 5 rings (SSSR count). The third kappa shape index (κ3) is 7.13. The van der Waals surface area contributed by atoms with Crippen LogP contribution in [0.3, 0.4) is 0 Å². The Morgan fingerprint density at radius 2 is 1.81 bits per heavy atom. The van der Waals surface area contributed by atoms with Crippen LogP contribution < -0.4 is 20.7 Å². The second-order valence-corrected chi connectivity index (χ2v) is 13.0. The Labute approximate surface area is 262 Å². The molecular formula is C27H29F6N8O5P. The van der Waals surface area contributed by atoms with E-state index in [1.807, 2.05) is 0 Å². The zero-order valence-corrected chi connectivity index (χ0v) is 25.6. The SMILES string of the molecule is COc1c(F)cc(-c2cc(Cn3cnc4c(NCP(=O)(O)OC)ncnc43)c(N3CC(F)(F)C[C@](N)([C@H](O)C(F)F)C3)cn2)cc1F. The summed E-state index contributed by atoms with van der Waals surface area (Å²) in [6, 6.07) is 3.28. The van der Waals surface area contributed by atoms with Gasteiger partial charge in [0.15, 0.2) is 28.8 Å². The van der Waals surface area contributed by atoms with Gasteiger partial charge in [-0.05, 0) is 23.8 Å². The van der Waals surface area contributed by atoms with Crippen LogP contribution in [0.2, 0.25) is 0 Å². The molecule has 20 heteroatoms. The summed E-state index contributed by atoms with van der Waals surface area (Å²) < 4.78 is 109. The fourth-order valence-electron chi connectivity index (χ4n) is 5.41. The average molecular weight is 691 g/mol. The Balaban J connectivity index is 1.60. The minimum absolute atomic E-state index is 0.00515. The quantitative estimate of drug-likeness (QED) is 0.133. The lowest BCUT2D eigenvalue weighted by Gasteiger charge is -2.47. The van der Waals surface area contributed by atoms with Crippen LogP contribution >= 0.6 is 7.60 Å². The maximum absolute atomic E-state index is 15.0. The molecule has 5 N–H and O–H groups in total. The van der Waals surface area contributed by atoms with Crippen molar-refractivity contribution in [3.63, 3.8) is 0 Å². The van der Waals surface area contributed by atoms with Gasteiger partial charge in [0.1, 0.15) is 24.2 Å². The molecule has 3 atom stereocenters. The van der Waals surface area contributed by atoms with Crippen LogP contribution in [0.1, 0.15) is 12.0 Å². The van der Waals surface area contributed by atoms with Gasteiger partial charge < -0.3 is 39.8 Å². The number of ether oxygens (including phenoxy) is 1. The van der Waals surface area contributed by atoms with Gasteiger partial charge in [0, 0.05) is 25.6 Å². The molecule has 1 fully saturated rings. The Kier molecular flexibility index (Phi) is 9.40. The lowest BCUT2D eigenvalue weighted by molar-refractivity contribution is -0.102. The van der Waals surface area contributed by atoms with Crippen LogP contribution in [0.5, 0.6) is 5.75 Å². The summed E-state index contributed by atoms with van der Waals surface area (Å²) in [5, 5.41) is 12.8. The van der Waals surface area contributed by atoms with Gasteiger partial charge in [-0.3, -0.25) is 9.55 Å². The number of pyridine rings is 1. The number of methoxy groups -OCH3 is 1. The summed E-state index contributed by atoms with van der Waals surface area (Å²) in [7, 11) is -1.84. The van der Waals surface area contributed by atoms with Gasteiger partial charge in [0.05, 0.1) is 49.6 Å². The summed E-state index contributed by atoms with van der Waals surface area (Å²) in [5.74, 6) is -6.22. The number of alkyl halides is 4. The maximum Gasteiger partial charge on any atom is 0.346 e. The molecule has 0 amide bonds. The summed E-state index contributed by atoms with van der Waals surface area (Å²) in [5.41, 5.74) is 4.08. The predicted octanol–water partition coefficient (Wildman–Crippen LogP) is 3.59. The molecule has 0 bridgehead atoms. The van der Waals surface area contributed by atoms with Gasteiger partial charge >= 0.3 is 7.60 Å². The van der Waals surface area contributed by atoms with Crippen LogP contribution in [0.25, 0.3) is 22.4 Å². The number of fused-ring (bicyclic) bond motifs is 1. The van der Waals surface area contributed by atoms with Crippen molar-refractivity contribution < 1.29 is 50.2 Å². The summed E-state index contributed by atoms with van der Waals surface area (Å²) in [6.45, 7) is -1.77. The largest absolute Gasteiger partial charge is 0.491 e. The van der Waals surface area contributed by atoms with E-state index in [2.05, 4.69) is 29.8 Å². The smallest absolute Gasteiger partial charge is 0.346 e. The Morgan fingerprint density at radius 1 is 1.11 bits per heavy atom. The number of hydrogen-bond donors (Lipinski definition) is 4. The lowest BCUT2D eigenvalue weighted by Crippen LogP contribution is -2.68. The van der Waals surface area contributed by atoms with E-state index in [0.717, 1.165) is 43.8 Å². The molecule has 1 aliphatic heterocycles. The molecule has 4 heterocycles. The molecule has 254 valence electrons. The van der Waals surface area contributed by atoms with E-state index >= 15 is 8.78 Å². The van der Waals surface area contributed by atoms with Gasteiger partial charge in [-0.2, -0.15) is 0 Å². The van der Waals surface area contributed by atoms with E-state index in [-0.39, 0.29) is 46.0 Å². The first kappa shape index (κ1) is 34.3. The standard InChI is InChI=1S/C27H29F6N8O5P/c1-45-21-16(28)3-14(4-17(21)29)18-5-15(7-40-12-38-20-24(36-11-37-25(20)40)39-13-47(43,44)46-2)19(6-35-18)41-9-26(34,22(42)23(30)31)8-27(32,33)10-41/h3-6,11-12,22-23,42H,7-10,13,34H2,1-2H3,(H,43,44)(H,36,37,39)/t22-,26-/m1/s1. The molecule has 0 saturated carbocycles. The molecule has 1 aromatic carbocycles. The number of rotatable bonds is 11. The molecule has 0 radical (unpaired) electrons. The van der Waals surface area contributed by atoms with Gasteiger partial charge in [-0.25, -0.2) is 41.3 Å². The lowest BCUT2D eigenvalue weighted by atomic mass is 9.82. The first-order valence-electron chi connectivity index (χ1n) is 13.7. The van der Waals surface area contributed by atoms with Crippen LogP contribution in [-0.2, 0) is 15.6 Å². The van der Waals surface area contributed by atoms with E-state index < -0.39 is 74.8 Å². The van der Waals surface area contributed by atoms with Gasteiger partial charge in [-0.15, -0.1) is 0 Å². The third-order valence-corrected chi connectivity index (χ3v) is 8.73. The minimum atomic E-state index is -3.99. The fourth-order valence-corrected chi connectivity index (χ4v) is 5.89. The highest BCUT2D eigenvalue weighted by atomic mass is 31.2. The number of aliphatic hydroxyl groups excluding tert-OH is 1. The Bertz CT molecular complexity index is 1810. The van der Waals surface area contributed by atoms with Crippen LogP contribution in [0.4, 0.5) is 37.8 Å². The summed E-state index contributed by atoms with van der Waals surface area (Å²) in [6.07, 6.45) is -4.12. The van der Waals surface area contributed by atoms with Crippen molar-refractivity contribution in [2.24, 2.45) is 5.73 Å². The Morgan fingerprint density at radius 3 is 2.45 bits per heavy atom. The topological polar surface area (TPSA) is 174 Å². The third-order valence-electron chi connectivity index (χ3n) is 7.60. The van der Waals surface area contributed by atoms with Gasteiger partial charge in [0.2, 0.25) is 0 Å². The zero-order chi connectivity index (χ0) is 34.3. The second kappa shape index (κ2) is 12.9. The first-order chi connectivity index (χ1) is 22.1. The molecule has 1 aliphatic rings. The maximum atomic E-state index is 15.0. The zero-order valence-electron chi connectivity index (χ0n) is 24.7. The molecule has 4 aromatic rings. The van der Waals surface area contributed by atoms with E-state index in [1.54, 1.807) is 0 Å². The van der Waals surface area contributed by atoms with E-state index in [4.69, 9.17) is 10.5 Å². The van der Waals surface area contributed by atoms with Crippen LogP contribution in [0.15, 0.2) is 37.1 Å². The van der Waals surface area contributed by atoms with Crippen molar-refractivity contribution in [1.29, 1.82) is 0 Å². The molecule has 13 nitrogen and oxygen atoms in total. The van der Waals surface area contributed by atoms with Crippen molar-refractivity contribution in [3.8, 4) is 17.0 Å². The number of benzene rings is 1. The second-order valence-electron chi connectivity index (χ2n) is 11.0. The molecule has 3 aromatic heterocycles. The monoisotopic (exact) mass is 690 g/mol. The average Bonchev–Trinajstić information content (AvgIpc) is 3.41. The predicted molar refractivity (Wildman–Crippen MR) is 157 cm³/mol. The molecule has 1 saturated heterocycles. The van der Waals surface area contributed by atoms with Crippen molar-refractivity contribution in [3.05, 3.63) is 54.2 Å². The summed E-state index contributed by atoms with van der Waals surface area (Å²) >= 11 is 0. The highest BCUT2D eigenvalue weighted by Crippen LogP contribution is 2.41. The highest BCUT2D eigenvalue weighted by molar-refractivity contribution is 7.52. The van der Waals surface area contributed by atoms with Crippen LogP contribution in [-0.4, -0.2) is 92.1 Å². The molecule has 0 spiro atoms. The van der Waals surface area contributed by atoms with Gasteiger partial charge in [-0.1, -0.05) is 0 Å². The molecule has 1 unspecified atom stereocenters. The van der Waals surface area contributed by atoms with E-state index in [1.165, 1.54) is 17.0 Å². The number of piperidine rings is 1. The van der Waals surface area contributed by atoms with E-state index in [9.17, 15) is 32.1 Å². The first-order valence-corrected chi connectivity index (χ1v) is 15.5. The number of halogens is 6. The Hall–Kier alpha value is -4.03. The number of imidazole rings is 1. The van der Waals surface area contributed by atoms with Crippen molar-refractivity contribution in [1.82, 2.24) is 24.5 Å². The number of anilines is 2. The van der Waals surface area contributed by atoms with Gasteiger partial charge in [0.25, 0.3) is 12.3 Å². The van der Waals surface area contributed by atoms with Crippen molar-refractivity contribution in [2.45, 2.75) is 37.0 Å². The molecular weight excluding hydrogens is 661 g/mol. The van der Waals surface area contributed by atoms with E-state index in [0.29, 0.717) is 0 Å². The number of aromatic nitrogens is 5.